The van der Waals surface area contributed by atoms with Crippen LogP contribution in [0.5, 0.6) is 0 Å². The Morgan fingerprint density at radius 1 is 1.00 bits per heavy atom. The predicted molar refractivity (Wildman–Crippen MR) is 103 cm³/mol. The van der Waals surface area contributed by atoms with E-state index in [-0.39, 0.29) is 17.6 Å². The van der Waals surface area contributed by atoms with Crippen LogP contribution in [0, 0.1) is 0 Å². The second-order valence-corrected chi connectivity index (χ2v) is 7.17. The van der Waals surface area contributed by atoms with Crippen LogP contribution in [0.4, 0.5) is 5.69 Å². The number of nitrogens with one attached hydrogen (secondary N) is 2. The molecule has 0 aliphatic heterocycles. The van der Waals surface area contributed by atoms with Crippen molar-refractivity contribution < 1.29 is 18.2 Å². The number of hydrogen-bond donors (Lipinski definition) is 2. The monoisotopic (exact) mass is 382 g/mol. The van der Waals surface area contributed by atoms with Crippen molar-refractivity contribution in [3.05, 3.63) is 83.8 Å². The number of benzene rings is 2. The average Bonchev–Trinajstić information content (AvgIpc) is 3.21. The van der Waals surface area contributed by atoms with Crippen LogP contribution < -0.4 is 10.6 Å². The molecule has 1 unspecified atom stereocenters. The molecule has 1 atom stereocenters. The zero-order chi connectivity index (χ0) is 19.2. The molecule has 3 aromatic rings. The minimum atomic E-state index is -1.08. The van der Waals surface area contributed by atoms with Gasteiger partial charge in [0.25, 0.3) is 11.8 Å². The first kappa shape index (κ1) is 18.6. The summed E-state index contributed by atoms with van der Waals surface area (Å²) < 4.78 is 16.5. The molecule has 1 heterocycles. The van der Waals surface area contributed by atoms with Crippen LogP contribution in [0.25, 0.3) is 0 Å². The Morgan fingerprint density at radius 3 is 2.44 bits per heavy atom. The number of furan rings is 1. The Hall–Kier alpha value is -3.19. The highest BCUT2D eigenvalue weighted by Gasteiger charge is 2.10. The van der Waals surface area contributed by atoms with Gasteiger partial charge in [-0.05, 0) is 54.1 Å². The molecule has 0 aliphatic rings. The fourth-order valence-corrected chi connectivity index (χ4v) is 2.96. The van der Waals surface area contributed by atoms with Crippen molar-refractivity contribution in [2.24, 2.45) is 0 Å². The standard InChI is InChI=1S/C20H18N2O4S/c1-27(25)17-9-7-15(8-10-17)19(23)21-13-14-4-2-5-16(12-14)22-20(24)18-6-3-11-26-18/h2-12H,13H2,1H3,(H,21,23)(H,22,24). The van der Waals surface area contributed by atoms with Crippen LogP contribution in [-0.4, -0.2) is 22.3 Å². The summed E-state index contributed by atoms with van der Waals surface area (Å²) in [4.78, 5) is 24.9. The molecule has 2 N–H and O–H groups in total. The van der Waals surface area contributed by atoms with E-state index in [1.165, 1.54) is 6.26 Å². The molecule has 138 valence electrons. The van der Waals surface area contributed by atoms with Crippen LogP contribution in [0.1, 0.15) is 26.5 Å². The van der Waals surface area contributed by atoms with Crippen molar-refractivity contribution in [3.8, 4) is 0 Å². The minimum Gasteiger partial charge on any atom is -0.459 e. The first-order valence-electron chi connectivity index (χ1n) is 8.18. The van der Waals surface area contributed by atoms with Gasteiger partial charge in [-0.1, -0.05) is 12.1 Å². The molecule has 6 nitrogen and oxygen atoms in total. The lowest BCUT2D eigenvalue weighted by atomic mass is 10.1. The van der Waals surface area contributed by atoms with Crippen molar-refractivity contribution >= 4 is 28.3 Å². The Labute approximate surface area is 159 Å². The lowest BCUT2D eigenvalue weighted by Gasteiger charge is -2.08. The zero-order valence-corrected chi connectivity index (χ0v) is 15.4. The van der Waals surface area contributed by atoms with E-state index in [4.69, 9.17) is 4.42 Å². The van der Waals surface area contributed by atoms with Gasteiger partial charge >= 0.3 is 0 Å². The van der Waals surface area contributed by atoms with Crippen LogP contribution in [0.2, 0.25) is 0 Å². The number of anilines is 1. The molecule has 0 saturated heterocycles. The summed E-state index contributed by atoms with van der Waals surface area (Å²) in [7, 11) is -1.08. The molecule has 7 heteroatoms. The predicted octanol–water partition coefficient (Wildman–Crippen LogP) is 3.20. The van der Waals surface area contributed by atoms with E-state index in [1.54, 1.807) is 60.9 Å². The van der Waals surface area contributed by atoms with E-state index >= 15 is 0 Å². The first-order valence-corrected chi connectivity index (χ1v) is 9.74. The highest BCUT2D eigenvalue weighted by molar-refractivity contribution is 7.84. The van der Waals surface area contributed by atoms with Crippen molar-refractivity contribution in [1.82, 2.24) is 5.32 Å². The largest absolute Gasteiger partial charge is 0.459 e. The van der Waals surface area contributed by atoms with Gasteiger partial charge < -0.3 is 15.1 Å². The number of rotatable bonds is 6. The fourth-order valence-electron chi connectivity index (χ4n) is 2.44. The maximum absolute atomic E-state index is 12.2. The first-order chi connectivity index (χ1) is 13.0. The summed E-state index contributed by atoms with van der Waals surface area (Å²) in [5.74, 6) is -0.340. The molecule has 3 rings (SSSR count). The van der Waals surface area contributed by atoms with Crippen molar-refractivity contribution in [2.45, 2.75) is 11.4 Å². The highest BCUT2D eigenvalue weighted by Crippen LogP contribution is 2.13. The van der Waals surface area contributed by atoms with Gasteiger partial charge in [-0.15, -0.1) is 0 Å². The van der Waals surface area contributed by atoms with E-state index in [0.29, 0.717) is 22.7 Å². The van der Waals surface area contributed by atoms with Gasteiger partial charge in [0.1, 0.15) is 0 Å². The fraction of sp³-hybridized carbons (Fsp3) is 0.100. The Kier molecular flexibility index (Phi) is 5.83. The molecule has 1 aromatic heterocycles. The number of hydrogen-bond acceptors (Lipinski definition) is 4. The molecule has 0 fully saturated rings. The van der Waals surface area contributed by atoms with Gasteiger partial charge in [-0.2, -0.15) is 0 Å². The smallest absolute Gasteiger partial charge is 0.291 e. The number of carbonyl (C=O) groups is 2. The summed E-state index contributed by atoms with van der Waals surface area (Å²) in [5, 5.41) is 5.57. The third-order valence-corrected chi connectivity index (χ3v) is 4.77. The zero-order valence-electron chi connectivity index (χ0n) is 14.6. The molecule has 2 amide bonds. The molecule has 0 aliphatic carbocycles. The van der Waals surface area contributed by atoms with E-state index in [2.05, 4.69) is 10.6 Å². The van der Waals surface area contributed by atoms with E-state index < -0.39 is 10.8 Å². The molecule has 2 aromatic carbocycles. The molecular formula is C20H18N2O4S. The second kappa shape index (κ2) is 8.46. The normalized spacial score (nSPS) is 11.6. The molecule has 0 bridgehead atoms. The van der Waals surface area contributed by atoms with Crippen molar-refractivity contribution in [1.29, 1.82) is 0 Å². The third kappa shape index (κ3) is 4.92. The molecule has 27 heavy (non-hydrogen) atoms. The van der Waals surface area contributed by atoms with Crippen LogP contribution in [0.15, 0.2) is 76.2 Å². The van der Waals surface area contributed by atoms with Crippen molar-refractivity contribution in [2.75, 3.05) is 11.6 Å². The number of amides is 2. The topological polar surface area (TPSA) is 88.4 Å². The minimum absolute atomic E-state index is 0.227. The van der Waals surface area contributed by atoms with Crippen LogP contribution in [-0.2, 0) is 17.3 Å². The van der Waals surface area contributed by atoms with Gasteiger partial charge in [0.05, 0.1) is 6.26 Å². The summed E-state index contributed by atoms with van der Waals surface area (Å²) in [6.45, 7) is 0.310. The lowest BCUT2D eigenvalue weighted by molar-refractivity contribution is 0.0949. The van der Waals surface area contributed by atoms with Gasteiger partial charge in [0.15, 0.2) is 5.76 Å². The van der Waals surface area contributed by atoms with Crippen LogP contribution in [0.3, 0.4) is 0 Å². The maximum Gasteiger partial charge on any atom is 0.291 e. The molecular weight excluding hydrogens is 364 g/mol. The highest BCUT2D eigenvalue weighted by atomic mass is 32.2. The summed E-state index contributed by atoms with van der Waals surface area (Å²) in [6.07, 6.45) is 3.03. The summed E-state index contributed by atoms with van der Waals surface area (Å²) >= 11 is 0. The lowest BCUT2D eigenvalue weighted by Crippen LogP contribution is -2.22. The van der Waals surface area contributed by atoms with Crippen LogP contribution >= 0.6 is 0 Å². The third-order valence-electron chi connectivity index (χ3n) is 3.83. The van der Waals surface area contributed by atoms with Gasteiger partial charge in [0, 0.05) is 39.7 Å². The Balaban J connectivity index is 1.60. The van der Waals surface area contributed by atoms with Gasteiger partial charge in [-0.25, -0.2) is 0 Å². The molecule has 0 saturated carbocycles. The average molecular weight is 382 g/mol. The quantitative estimate of drug-likeness (QED) is 0.685. The van der Waals surface area contributed by atoms with Gasteiger partial charge in [-0.3, -0.25) is 13.8 Å². The van der Waals surface area contributed by atoms with E-state index in [9.17, 15) is 13.8 Å². The Bertz CT molecular complexity index is 966. The molecule has 0 radical (unpaired) electrons. The summed E-state index contributed by atoms with van der Waals surface area (Å²) in [5.41, 5.74) is 1.94. The van der Waals surface area contributed by atoms with Gasteiger partial charge in [0.2, 0.25) is 0 Å². The molecule has 0 spiro atoms. The van der Waals surface area contributed by atoms with E-state index in [1.807, 2.05) is 6.07 Å². The Morgan fingerprint density at radius 2 is 1.78 bits per heavy atom. The van der Waals surface area contributed by atoms with E-state index in [0.717, 1.165) is 5.56 Å². The second-order valence-electron chi connectivity index (χ2n) is 5.79. The van der Waals surface area contributed by atoms with Crippen molar-refractivity contribution in [3.63, 3.8) is 0 Å². The maximum atomic E-state index is 12.2. The summed E-state index contributed by atoms with van der Waals surface area (Å²) in [6, 6.07) is 17.1. The number of carbonyl (C=O) groups excluding carboxylic acids is 2. The SMILES string of the molecule is CS(=O)c1ccc(C(=O)NCc2cccc(NC(=O)c3ccco3)c2)cc1.